The summed E-state index contributed by atoms with van der Waals surface area (Å²) in [6.45, 7) is 6.73. The minimum absolute atomic E-state index is 0. The summed E-state index contributed by atoms with van der Waals surface area (Å²) in [7, 11) is 0. The van der Waals surface area contributed by atoms with Gasteiger partial charge in [0.1, 0.15) is 0 Å². The lowest BCUT2D eigenvalue weighted by molar-refractivity contribution is -0.128. The summed E-state index contributed by atoms with van der Waals surface area (Å²) in [5.41, 5.74) is 0. The molecule has 4 atom stereocenters. The third-order valence-electron chi connectivity index (χ3n) is 4.91. The lowest BCUT2D eigenvalue weighted by atomic mass is 9.88. The molecule has 0 aromatic heterocycles. The molecule has 1 saturated carbocycles. The van der Waals surface area contributed by atoms with E-state index in [-0.39, 0.29) is 36.2 Å². The summed E-state index contributed by atoms with van der Waals surface area (Å²) in [4.78, 5) is 26.0. The lowest BCUT2D eigenvalue weighted by Crippen LogP contribution is -2.51. The first-order valence-corrected chi connectivity index (χ1v) is 7.37. The van der Waals surface area contributed by atoms with Crippen LogP contribution in [0.2, 0.25) is 0 Å². The van der Waals surface area contributed by atoms with Crippen molar-refractivity contribution in [2.24, 2.45) is 17.8 Å². The molecule has 2 aliphatic heterocycles. The van der Waals surface area contributed by atoms with Crippen LogP contribution < -0.4 is 10.6 Å². The fraction of sp³-hybridized carbons (Fsp3) is 0.857. The number of nitrogens with one attached hydrogen (secondary N) is 2. The standard InChI is InChI=1S/C14H23N3O2.ClH/c1-8-3-12(8)17-7-11(4-13(17)18)16-14(19)9(2)10-5-15-6-10;/h8-12,15H,3-7H2,1-2H3,(H,16,19);1H. The van der Waals surface area contributed by atoms with Gasteiger partial charge < -0.3 is 15.5 Å². The van der Waals surface area contributed by atoms with Crippen LogP contribution in [-0.2, 0) is 9.59 Å². The first-order chi connectivity index (χ1) is 9.06. The van der Waals surface area contributed by atoms with Crippen LogP contribution in [0.4, 0.5) is 0 Å². The Balaban J connectivity index is 0.00000147. The maximum atomic E-state index is 12.1. The van der Waals surface area contributed by atoms with Gasteiger partial charge in [0.15, 0.2) is 0 Å². The van der Waals surface area contributed by atoms with Crippen LogP contribution in [0, 0.1) is 17.8 Å². The Morgan fingerprint density at radius 2 is 2.10 bits per heavy atom. The molecular weight excluding hydrogens is 278 g/mol. The Hall–Kier alpha value is -0.810. The largest absolute Gasteiger partial charge is 0.351 e. The zero-order chi connectivity index (χ0) is 13.6. The molecule has 0 radical (unpaired) electrons. The van der Waals surface area contributed by atoms with Crippen molar-refractivity contribution in [2.75, 3.05) is 19.6 Å². The van der Waals surface area contributed by atoms with Gasteiger partial charge in [0.2, 0.25) is 11.8 Å². The zero-order valence-corrected chi connectivity index (χ0v) is 12.9. The van der Waals surface area contributed by atoms with Crippen molar-refractivity contribution in [1.29, 1.82) is 0 Å². The molecule has 0 bridgehead atoms. The molecule has 20 heavy (non-hydrogen) atoms. The van der Waals surface area contributed by atoms with Gasteiger partial charge in [0, 0.05) is 24.9 Å². The molecule has 2 saturated heterocycles. The molecule has 5 nitrogen and oxygen atoms in total. The quantitative estimate of drug-likeness (QED) is 0.790. The number of hydrogen-bond donors (Lipinski definition) is 2. The number of amides is 2. The molecule has 0 spiro atoms. The maximum Gasteiger partial charge on any atom is 0.225 e. The molecule has 2 N–H and O–H groups in total. The summed E-state index contributed by atoms with van der Waals surface area (Å²) >= 11 is 0. The number of halogens is 1. The Morgan fingerprint density at radius 3 is 2.60 bits per heavy atom. The molecule has 114 valence electrons. The van der Waals surface area contributed by atoms with Gasteiger partial charge in [0.25, 0.3) is 0 Å². The van der Waals surface area contributed by atoms with Gasteiger partial charge in [-0.3, -0.25) is 9.59 Å². The van der Waals surface area contributed by atoms with Gasteiger partial charge in [0.05, 0.1) is 6.04 Å². The topological polar surface area (TPSA) is 61.4 Å². The highest BCUT2D eigenvalue weighted by molar-refractivity contribution is 5.85. The van der Waals surface area contributed by atoms with Crippen molar-refractivity contribution < 1.29 is 9.59 Å². The number of nitrogens with zero attached hydrogens (tertiary/aromatic N) is 1. The van der Waals surface area contributed by atoms with E-state index in [0.29, 0.717) is 30.8 Å². The van der Waals surface area contributed by atoms with E-state index in [0.717, 1.165) is 19.5 Å². The first-order valence-electron chi connectivity index (χ1n) is 7.37. The average Bonchev–Trinajstić information content (AvgIpc) is 2.88. The third kappa shape index (κ3) is 2.93. The highest BCUT2D eigenvalue weighted by atomic mass is 35.5. The minimum atomic E-state index is 0. The van der Waals surface area contributed by atoms with Gasteiger partial charge in [-0.05, 0) is 31.3 Å². The fourth-order valence-electron chi connectivity index (χ4n) is 3.10. The van der Waals surface area contributed by atoms with Crippen LogP contribution in [0.15, 0.2) is 0 Å². The third-order valence-corrected chi connectivity index (χ3v) is 4.91. The molecule has 1 aliphatic carbocycles. The zero-order valence-electron chi connectivity index (χ0n) is 12.1. The summed E-state index contributed by atoms with van der Waals surface area (Å²) in [6, 6.07) is 0.450. The van der Waals surface area contributed by atoms with Gasteiger partial charge in [-0.25, -0.2) is 0 Å². The van der Waals surface area contributed by atoms with Crippen LogP contribution in [-0.4, -0.2) is 48.4 Å². The number of likely N-dealkylation sites (tertiary alicyclic amines) is 1. The Bertz CT molecular complexity index is 400. The van der Waals surface area contributed by atoms with E-state index < -0.39 is 0 Å². The van der Waals surface area contributed by atoms with E-state index in [2.05, 4.69) is 17.6 Å². The van der Waals surface area contributed by atoms with Crippen LogP contribution in [0.25, 0.3) is 0 Å². The van der Waals surface area contributed by atoms with E-state index >= 15 is 0 Å². The second kappa shape index (κ2) is 5.90. The van der Waals surface area contributed by atoms with Crippen molar-refractivity contribution in [3.63, 3.8) is 0 Å². The van der Waals surface area contributed by atoms with E-state index in [1.165, 1.54) is 0 Å². The molecule has 4 unspecified atom stereocenters. The molecule has 3 rings (SSSR count). The minimum Gasteiger partial charge on any atom is -0.351 e. The normalized spacial score (nSPS) is 34.2. The van der Waals surface area contributed by atoms with Crippen LogP contribution in [0.3, 0.4) is 0 Å². The summed E-state index contributed by atoms with van der Waals surface area (Å²) in [5, 5.41) is 6.25. The van der Waals surface area contributed by atoms with Crippen LogP contribution in [0.5, 0.6) is 0 Å². The maximum absolute atomic E-state index is 12.1. The van der Waals surface area contributed by atoms with Crippen LogP contribution in [0.1, 0.15) is 26.7 Å². The fourth-order valence-corrected chi connectivity index (χ4v) is 3.10. The van der Waals surface area contributed by atoms with Gasteiger partial charge in [-0.15, -0.1) is 12.4 Å². The van der Waals surface area contributed by atoms with Gasteiger partial charge >= 0.3 is 0 Å². The molecule has 0 aromatic carbocycles. The highest BCUT2D eigenvalue weighted by Gasteiger charge is 2.45. The number of carbonyl (C=O) groups is 2. The predicted octanol–water partition coefficient (Wildman–Crippen LogP) is 0.389. The smallest absolute Gasteiger partial charge is 0.225 e. The van der Waals surface area contributed by atoms with Gasteiger partial charge in [-0.2, -0.15) is 0 Å². The first kappa shape index (κ1) is 15.6. The van der Waals surface area contributed by atoms with Crippen LogP contribution >= 0.6 is 12.4 Å². The summed E-state index contributed by atoms with van der Waals surface area (Å²) in [5.74, 6) is 1.45. The SMILES string of the molecule is CC1CC1N1CC(NC(=O)C(C)C2CNC2)CC1=O.Cl. The monoisotopic (exact) mass is 301 g/mol. The average molecular weight is 302 g/mol. The molecule has 3 fully saturated rings. The highest BCUT2D eigenvalue weighted by Crippen LogP contribution is 2.37. The van der Waals surface area contributed by atoms with Crippen molar-refractivity contribution in [2.45, 2.75) is 38.8 Å². The Morgan fingerprint density at radius 1 is 1.45 bits per heavy atom. The molecule has 0 aromatic rings. The summed E-state index contributed by atoms with van der Waals surface area (Å²) in [6.07, 6.45) is 1.60. The predicted molar refractivity (Wildman–Crippen MR) is 78.6 cm³/mol. The van der Waals surface area contributed by atoms with E-state index in [1.807, 2.05) is 11.8 Å². The lowest BCUT2D eigenvalue weighted by Gasteiger charge is -2.32. The molecule has 2 amide bonds. The van der Waals surface area contributed by atoms with Crippen molar-refractivity contribution in [3.8, 4) is 0 Å². The summed E-state index contributed by atoms with van der Waals surface area (Å²) < 4.78 is 0. The Kier molecular flexibility index (Phi) is 4.59. The van der Waals surface area contributed by atoms with E-state index in [9.17, 15) is 9.59 Å². The second-order valence-corrected chi connectivity index (χ2v) is 6.44. The number of hydrogen-bond acceptors (Lipinski definition) is 3. The second-order valence-electron chi connectivity index (χ2n) is 6.44. The molecule has 2 heterocycles. The van der Waals surface area contributed by atoms with Crippen molar-refractivity contribution in [3.05, 3.63) is 0 Å². The molecule has 6 heteroatoms. The number of rotatable bonds is 4. The van der Waals surface area contributed by atoms with E-state index in [1.54, 1.807) is 0 Å². The Labute approximate surface area is 126 Å². The van der Waals surface area contributed by atoms with E-state index in [4.69, 9.17) is 0 Å². The van der Waals surface area contributed by atoms with Gasteiger partial charge in [-0.1, -0.05) is 13.8 Å². The number of carbonyl (C=O) groups excluding carboxylic acids is 2. The molecule has 3 aliphatic rings. The van der Waals surface area contributed by atoms with Crippen molar-refractivity contribution >= 4 is 24.2 Å². The van der Waals surface area contributed by atoms with Crippen molar-refractivity contribution in [1.82, 2.24) is 15.5 Å². The molecular formula is C14H24ClN3O2.